The molecule has 0 bridgehead atoms. The van der Waals surface area contributed by atoms with Gasteiger partial charge in [0, 0.05) is 19.2 Å². The Kier molecular flexibility index (Phi) is 7.69. The van der Waals surface area contributed by atoms with E-state index in [0.717, 1.165) is 25.8 Å². The predicted molar refractivity (Wildman–Crippen MR) is 106 cm³/mol. The van der Waals surface area contributed by atoms with Crippen molar-refractivity contribution in [3.8, 4) is 5.75 Å². The average Bonchev–Trinajstić information content (AvgIpc) is 2.71. The van der Waals surface area contributed by atoms with Crippen molar-refractivity contribution in [2.45, 2.75) is 25.3 Å². The molecule has 1 unspecified atom stereocenters. The van der Waals surface area contributed by atoms with E-state index in [0.29, 0.717) is 37.7 Å². The lowest BCUT2D eigenvalue weighted by Crippen LogP contribution is -2.37. The molecule has 0 radical (unpaired) electrons. The number of amides is 1. The number of hydrogen-bond donors (Lipinski definition) is 2. The van der Waals surface area contributed by atoms with Gasteiger partial charge < -0.3 is 20.1 Å². The summed E-state index contributed by atoms with van der Waals surface area (Å²) < 4.78 is 11.7. The number of fused-ring (bicyclic) bond motifs is 1. The first-order valence-electron chi connectivity index (χ1n) is 9.68. The Morgan fingerprint density at radius 3 is 2.63 bits per heavy atom. The van der Waals surface area contributed by atoms with Crippen LogP contribution in [0, 0.1) is 0 Å². The third kappa shape index (κ3) is 6.38. The summed E-state index contributed by atoms with van der Waals surface area (Å²) in [5.41, 5.74) is 1.83. The Morgan fingerprint density at radius 2 is 1.74 bits per heavy atom. The van der Waals surface area contributed by atoms with E-state index in [1.165, 1.54) is 5.56 Å². The van der Waals surface area contributed by atoms with E-state index < -0.39 is 0 Å². The Morgan fingerprint density at radius 1 is 0.926 bits per heavy atom. The minimum Gasteiger partial charge on any atom is -0.491 e. The van der Waals surface area contributed by atoms with Gasteiger partial charge in [-0.1, -0.05) is 42.5 Å². The van der Waals surface area contributed by atoms with E-state index in [4.69, 9.17) is 9.47 Å². The summed E-state index contributed by atoms with van der Waals surface area (Å²) in [7, 11) is 0. The summed E-state index contributed by atoms with van der Waals surface area (Å²) in [5, 5.41) is 6.50. The van der Waals surface area contributed by atoms with Crippen molar-refractivity contribution in [1.29, 1.82) is 0 Å². The first kappa shape index (κ1) is 19.4. The van der Waals surface area contributed by atoms with Gasteiger partial charge in [0.15, 0.2) is 0 Å². The van der Waals surface area contributed by atoms with E-state index in [1.807, 2.05) is 24.3 Å². The molecule has 1 heterocycles. The highest BCUT2D eigenvalue weighted by molar-refractivity contribution is 5.96. The number of carbonyl (C=O) groups excluding carboxylic acids is 1. The number of hydrogen-bond acceptors (Lipinski definition) is 4. The second-order valence-corrected chi connectivity index (χ2v) is 6.72. The van der Waals surface area contributed by atoms with Gasteiger partial charge in [0.2, 0.25) is 0 Å². The molecule has 27 heavy (non-hydrogen) atoms. The van der Waals surface area contributed by atoms with Crippen molar-refractivity contribution in [2.24, 2.45) is 0 Å². The quantitative estimate of drug-likeness (QED) is 0.856. The fraction of sp³-hybridized carbons (Fsp3) is 0.409. The fourth-order valence-electron chi connectivity index (χ4n) is 3.13. The highest BCUT2D eigenvalue weighted by atomic mass is 16.5. The van der Waals surface area contributed by atoms with Gasteiger partial charge in [0.05, 0.1) is 12.2 Å². The van der Waals surface area contributed by atoms with Crippen molar-refractivity contribution < 1.29 is 14.3 Å². The molecule has 2 aromatic carbocycles. The molecule has 0 saturated carbocycles. The average molecular weight is 368 g/mol. The number of rotatable bonds is 2. The summed E-state index contributed by atoms with van der Waals surface area (Å²) >= 11 is 0. The zero-order valence-electron chi connectivity index (χ0n) is 15.7. The number of ether oxygens (including phenoxy) is 2. The first-order valence-corrected chi connectivity index (χ1v) is 9.68. The number of para-hydroxylation sites is 1. The highest BCUT2D eigenvalue weighted by Crippen LogP contribution is 2.18. The van der Waals surface area contributed by atoms with Crippen LogP contribution in [0.5, 0.6) is 5.75 Å². The SMILES string of the molecule is O=C1NCCOCCCCNC(Cc2ccccc2)COc2ccccc21. The third-order valence-electron chi connectivity index (χ3n) is 4.58. The molecule has 144 valence electrons. The van der Waals surface area contributed by atoms with Crippen LogP contribution in [-0.2, 0) is 11.2 Å². The topological polar surface area (TPSA) is 59.6 Å². The van der Waals surface area contributed by atoms with Crippen LogP contribution in [0.15, 0.2) is 54.6 Å². The van der Waals surface area contributed by atoms with Crippen molar-refractivity contribution in [3.63, 3.8) is 0 Å². The zero-order chi connectivity index (χ0) is 18.7. The Balaban J connectivity index is 1.71. The molecule has 1 aliphatic heterocycles. The summed E-state index contributed by atoms with van der Waals surface area (Å²) in [6.45, 7) is 3.17. The predicted octanol–water partition coefficient (Wildman–Crippen LogP) is 2.81. The largest absolute Gasteiger partial charge is 0.491 e. The lowest BCUT2D eigenvalue weighted by Gasteiger charge is -2.20. The lowest BCUT2D eigenvalue weighted by molar-refractivity contribution is 0.0909. The number of nitrogens with one attached hydrogen (secondary N) is 2. The highest BCUT2D eigenvalue weighted by Gasteiger charge is 2.15. The minimum atomic E-state index is -0.128. The molecule has 0 saturated heterocycles. The summed E-state index contributed by atoms with van der Waals surface area (Å²) in [6.07, 6.45) is 2.93. The van der Waals surface area contributed by atoms with Crippen molar-refractivity contribution in [2.75, 3.05) is 32.9 Å². The van der Waals surface area contributed by atoms with Crippen LogP contribution >= 0.6 is 0 Å². The normalized spacial score (nSPS) is 19.7. The molecule has 0 fully saturated rings. The van der Waals surface area contributed by atoms with E-state index >= 15 is 0 Å². The molecule has 0 spiro atoms. The summed E-state index contributed by atoms with van der Waals surface area (Å²) in [4.78, 5) is 12.5. The van der Waals surface area contributed by atoms with Crippen LogP contribution in [0.25, 0.3) is 0 Å². The van der Waals surface area contributed by atoms with E-state index in [2.05, 4.69) is 34.9 Å². The molecule has 5 heteroatoms. The molecular weight excluding hydrogens is 340 g/mol. The molecule has 1 aliphatic rings. The van der Waals surface area contributed by atoms with E-state index in [-0.39, 0.29) is 11.9 Å². The maximum atomic E-state index is 12.5. The Labute approximate surface area is 161 Å². The second kappa shape index (κ2) is 10.7. The minimum absolute atomic E-state index is 0.128. The van der Waals surface area contributed by atoms with Crippen LogP contribution in [0.2, 0.25) is 0 Å². The monoisotopic (exact) mass is 368 g/mol. The number of carbonyl (C=O) groups is 1. The molecule has 2 aromatic rings. The molecule has 0 aromatic heterocycles. The molecule has 1 amide bonds. The standard InChI is InChI=1S/C22H28N2O3/c25-22-20-10-4-5-11-21(20)27-17-19(16-18-8-2-1-3-9-18)23-12-6-7-14-26-15-13-24-22/h1-5,8-11,19,23H,6-7,12-17H2,(H,24,25). The lowest BCUT2D eigenvalue weighted by atomic mass is 10.1. The molecule has 1 atom stereocenters. The smallest absolute Gasteiger partial charge is 0.255 e. The Hall–Kier alpha value is -2.37. The Bertz CT molecular complexity index is 706. The summed E-state index contributed by atoms with van der Waals surface area (Å²) in [5.74, 6) is 0.488. The van der Waals surface area contributed by atoms with Crippen LogP contribution < -0.4 is 15.4 Å². The first-order chi connectivity index (χ1) is 13.3. The number of benzene rings is 2. The van der Waals surface area contributed by atoms with Gasteiger partial charge in [-0.2, -0.15) is 0 Å². The van der Waals surface area contributed by atoms with Crippen molar-refractivity contribution >= 4 is 5.91 Å². The molecular formula is C22H28N2O3. The van der Waals surface area contributed by atoms with Crippen molar-refractivity contribution in [3.05, 3.63) is 65.7 Å². The third-order valence-corrected chi connectivity index (χ3v) is 4.58. The van der Waals surface area contributed by atoms with Crippen LogP contribution in [0.4, 0.5) is 0 Å². The fourth-order valence-corrected chi connectivity index (χ4v) is 3.13. The van der Waals surface area contributed by atoms with Gasteiger partial charge in [-0.3, -0.25) is 4.79 Å². The zero-order valence-corrected chi connectivity index (χ0v) is 15.7. The van der Waals surface area contributed by atoms with Crippen LogP contribution in [0.1, 0.15) is 28.8 Å². The molecule has 2 N–H and O–H groups in total. The van der Waals surface area contributed by atoms with Gasteiger partial charge >= 0.3 is 0 Å². The van der Waals surface area contributed by atoms with Crippen LogP contribution in [-0.4, -0.2) is 44.9 Å². The van der Waals surface area contributed by atoms with Gasteiger partial charge in [-0.15, -0.1) is 0 Å². The summed E-state index contributed by atoms with van der Waals surface area (Å²) in [6, 6.07) is 18.0. The molecule has 5 nitrogen and oxygen atoms in total. The van der Waals surface area contributed by atoms with Gasteiger partial charge in [0.25, 0.3) is 5.91 Å². The van der Waals surface area contributed by atoms with Gasteiger partial charge in [-0.05, 0) is 43.5 Å². The maximum Gasteiger partial charge on any atom is 0.255 e. The molecule has 0 aliphatic carbocycles. The van der Waals surface area contributed by atoms with Gasteiger partial charge in [-0.25, -0.2) is 0 Å². The van der Waals surface area contributed by atoms with Crippen LogP contribution in [0.3, 0.4) is 0 Å². The second-order valence-electron chi connectivity index (χ2n) is 6.72. The van der Waals surface area contributed by atoms with E-state index in [9.17, 15) is 4.79 Å². The van der Waals surface area contributed by atoms with Crippen molar-refractivity contribution in [1.82, 2.24) is 10.6 Å². The maximum absolute atomic E-state index is 12.5. The van der Waals surface area contributed by atoms with E-state index in [1.54, 1.807) is 6.07 Å². The molecule has 3 rings (SSSR count). The van der Waals surface area contributed by atoms with Gasteiger partial charge in [0.1, 0.15) is 12.4 Å².